The molecule has 1 aromatic rings. The molecule has 0 bridgehead atoms. The molecule has 0 spiro atoms. The van der Waals surface area contributed by atoms with E-state index in [0.29, 0.717) is 20.6 Å². The minimum Gasteiger partial charge on any atom is -0.479 e. The lowest BCUT2D eigenvalue weighted by atomic mass is 10.0. The van der Waals surface area contributed by atoms with Gasteiger partial charge in [-0.25, -0.2) is 4.79 Å². The zero-order valence-electron chi connectivity index (χ0n) is 7.29. The first-order valence-corrected chi connectivity index (χ1v) is 4.97. The fourth-order valence-corrected chi connectivity index (χ4v) is 1.66. The first-order valence-electron chi connectivity index (χ1n) is 3.80. The highest BCUT2D eigenvalue weighted by atomic mass is 79.9. The van der Waals surface area contributed by atoms with Crippen LogP contribution in [0.15, 0.2) is 16.6 Å². The minimum atomic E-state index is -1.51. The predicted octanol–water partition coefficient (Wildman–Crippen LogP) is 2.53. The van der Waals surface area contributed by atoms with Gasteiger partial charge in [0.15, 0.2) is 6.10 Å². The number of aliphatic hydroxyl groups is 1. The average molecular weight is 280 g/mol. The Hall–Kier alpha value is -0.580. The molecule has 0 saturated carbocycles. The van der Waals surface area contributed by atoms with E-state index in [9.17, 15) is 9.90 Å². The summed E-state index contributed by atoms with van der Waals surface area (Å²) in [5.74, 6) is -1.28. The van der Waals surface area contributed by atoms with Crippen LogP contribution >= 0.6 is 27.5 Å². The van der Waals surface area contributed by atoms with Crippen molar-refractivity contribution in [1.82, 2.24) is 0 Å². The minimum absolute atomic E-state index is 0.341. The molecular weight excluding hydrogens is 271 g/mol. The standard InChI is InChI=1S/C9H8BrClO3/c1-4-5(8(12)9(13)14)2-3-6(11)7(4)10/h2-3,8,12H,1H3,(H,13,14). The average Bonchev–Trinajstić information content (AvgIpc) is 2.13. The molecule has 0 amide bonds. The van der Waals surface area contributed by atoms with Gasteiger partial charge in [0.25, 0.3) is 0 Å². The Balaban J connectivity index is 3.24. The molecule has 0 fully saturated rings. The Morgan fingerprint density at radius 3 is 2.64 bits per heavy atom. The summed E-state index contributed by atoms with van der Waals surface area (Å²) in [5, 5.41) is 18.4. The number of hydrogen-bond donors (Lipinski definition) is 2. The van der Waals surface area contributed by atoms with Gasteiger partial charge in [-0.15, -0.1) is 0 Å². The highest BCUT2D eigenvalue weighted by Gasteiger charge is 2.19. The normalized spacial score (nSPS) is 12.6. The van der Waals surface area contributed by atoms with Gasteiger partial charge in [-0.1, -0.05) is 17.7 Å². The maximum Gasteiger partial charge on any atom is 0.337 e. The molecule has 0 heterocycles. The van der Waals surface area contributed by atoms with Crippen LogP contribution in [0.5, 0.6) is 0 Å². The molecule has 0 radical (unpaired) electrons. The van der Waals surface area contributed by atoms with Crippen LogP contribution in [0, 0.1) is 6.92 Å². The van der Waals surface area contributed by atoms with Crippen molar-refractivity contribution in [3.05, 3.63) is 32.8 Å². The van der Waals surface area contributed by atoms with Crippen molar-refractivity contribution < 1.29 is 15.0 Å². The van der Waals surface area contributed by atoms with Gasteiger partial charge in [-0.05, 0) is 40.0 Å². The number of halogens is 2. The first kappa shape index (κ1) is 11.5. The van der Waals surface area contributed by atoms with Gasteiger partial charge in [0.2, 0.25) is 0 Å². The van der Waals surface area contributed by atoms with Crippen molar-refractivity contribution in [2.75, 3.05) is 0 Å². The molecule has 5 heteroatoms. The number of benzene rings is 1. The number of carbonyl (C=O) groups is 1. The molecule has 0 aliphatic carbocycles. The second kappa shape index (κ2) is 4.29. The van der Waals surface area contributed by atoms with E-state index in [2.05, 4.69) is 15.9 Å². The molecule has 0 aromatic heterocycles. The van der Waals surface area contributed by atoms with Crippen LogP contribution < -0.4 is 0 Å². The monoisotopic (exact) mass is 278 g/mol. The first-order chi connectivity index (χ1) is 6.45. The van der Waals surface area contributed by atoms with Gasteiger partial charge < -0.3 is 10.2 Å². The van der Waals surface area contributed by atoms with Crippen LogP contribution in [0.2, 0.25) is 5.02 Å². The molecule has 2 N–H and O–H groups in total. The molecule has 1 unspecified atom stereocenters. The number of aliphatic carboxylic acids is 1. The molecule has 3 nitrogen and oxygen atoms in total. The number of aliphatic hydroxyl groups excluding tert-OH is 1. The summed E-state index contributed by atoms with van der Waals surface area (Å²) in [6.07, 6.45) is -1.51. The second-order valence-electron chi connectivity index (χ2n) is 2.82. The highest BCUT2D eigenvalue weighted by Crippen LogP contribution is 2.31. The van der Waals surface area contributed by atoms with Gasteiger partial charge in [0.1, 0.15) is 0 Å². The van der Waals surface area contributed by atoms with Crippen LogP contribution in [0.3, 0.4) is 0 Å². The van der Waals surface area contributed by atoms with Crippen LogP contribution in [0.4, 0.5) is 0 Å². The van der Waals surface area contributed by atoms with Gasteiger partial charge in [-0.3, -0.25) is 0 Å². The third-order valence-electron chi connectivity index (χ3n) is 1.91. The van der Waals surface area contributed by atoms with Gasteiger partial charge in [-0.2, -0.15) is 0 Å². The number of carboxylic acids is 1. The van der Waals surface area contributed by atoms with Gasteiger partial charge >= 0.3 is 5.97 Å². The summed E-state index contributed by atoms with van der Waals surface area (Å²) in [6, 6.07) is 3.04. The maximum absolute atomic E-state index is 10.5. The quantitative estimate of drug-likeness (QED) is 0.874. The van der Waals surface area contributed by atoms with E-state index in [1.54, 1.807) is 13.0 Å². The Kier molecular flexibility index (Phi) is 3.53. The smallest absolute Gasteiger partial charge is 0.337 e. The Labute approximate surface area is 94.4 Å². The highest BCUT2D eigenvalue weighted by molar-refractivity contribution is 9.10. The van der Waals surface area contributed by atoms with Crippen molar-refractivity contribution in [3.8, 4) is 0 Å². The van der Waals surface area contributed by atoms with E-state index in [1.165, 1.54) is 6.07 Å². The summed E-state index contributed by atoms with van der Waals surface area (Å²) in [4.78, 5) is 10.5. The second-order valence-corrected chi connectivity index (χ2v) is 4.02. The lowest BCUT2D eigenvalue weighted by Gasteiger charge is -2.11. The molecule has 1 aromatic carbocycles. The zero-order chi connectivity index (χ0) is 10.9. The van der Waals surface area contributed by atoms with Crippen LogP contribution in [-0.2, 0) is 4.79 Å². The summed E-state index contributed by atoms with van der Waals surface area (Å²) in [5.41, 5.74) is 0.973. The molecule has 76 valence electrons. The lowest BCUT2D eigenvalue weighted by molar-refractivity contribution is -0.147. The van der Waals surface area contributed by atoms with E-state index in [1.807, 2.05) is 0 Å². The third-order valence-corrected chi connectivity index (χ3v) is 3.47. The van der Waals surface area contributed by atoms with E-state index in [-0.39, 0.29) is 0 Å². The van der Waals surface area contributed by atoms with E-state index < -0.39 is 12.1 Å². The van der Waals surface area contributed by atoms with Crippen molar-refractivity contribution in [1.29, 1.82) is 0 Å². The SMILES string of the molecule is Cc1c(C(O)C(=O)O)ccc(Cl)c1Br. The van der Waals surface area contributed by atoms with E-state index in [4.69, 9.17) is 16.7 Å². The number of hydrogen-bond acceptors (Lipinski definition) is 2. The maximum atomic E-state index is 10.5. The van der Waals surface area contributed by atoms with Gasteiger partial charge in [0, 0.05) is 4.47 Å². The summed E-state index contributed by atoms with van der Waals surface area (Å²) < 4.78 is 0.608. The lowest BCUT2D eigenvalue weighted by Crippen LogP contribution is -2.12. The van der Waals surface area contributed by atoms with E-state index in [0.717, 1.165) is 0 Å². The Morgan fingerprint density at radius 1 is 1.57 bits per heavy atom. The van der Waals surface area contributed by atoms with Crippen LogP contribution in [0.25, 0.3) is 0 Å². The summed E-state index contributed by atoms with van der Waals surface area (Å²) in [7, 11) is 0. The third kappa shape index (κ3) is 2.08. The van der Waals surface area contributed by atoms with Crippen molar-refractivity contribution >= 4 is 33.5 Å². The summed E-state index contributed by atoms with van der Waals surface area (Å²) >= 11 is 9.01. The van der Waals surface area contributed by atoms with Crippen LogP contribution in [0.1, 0.15) is 17.2 Å². The van der Waals surface area contributed by atoms with Crippen LogP contribution in [-0.4, -0.2) is 16.2 Å². The van der Waals surface area contributed by atoms with E-state index >= 15 is 0 Å². The largest absolute Gasteiger partial charge is 0.479 e. The molecule has 1 rings (SSSR count). The topological polar surface area (TPSA) is 57.5 Å². The molecule has 1 atom stereocenters. The van der Waals surface area contributed by atoms with Crippen molar-refractivity contribution in [2.45, 2.75) is 13.0 Å². The molecule has 0 aliphatic heterocycles. The molecule has 0 aliphatic rings. The molecule has 14 heavy (non-hydrogen) atoms. The fraction of sp³-hybridized carbons (Fsp3) is 0.222. The Bertz CT molecular complexity index is 379. The predicted molar refractivity (Wildman–Crippen MR) is 56.5 cm³/mol. The van der Waals surface area contributed by atoms with Gasteiger partial charge in [0.05, 0.1) is 5.02 Å². The van der Waals surface area contributed by atoms with Crippen molar-refractivity contribution in [2.24, 2.45) is 0 Å². The molecule has 0 saturated heterocycles. The van der Waals surface area contributed by atoms with Crippen molar-refractivity contribution in [3.63, 3.8) is 0 Å². The summed E-state index contributed by atoms with van der Waals surface area (Å²) in [6.45, 7) is 1.69. The fourth-order valence-electron chi connectivity index (χ4n) is 1.10. The Morgan fingerprint density at radius 2 is 2.14 bits per heavy atom. The number of carboxylic acid groups (broad SMARTS) is 1. The molecular formula is C9H8BrClO3. The number of rotatable bonds is 2. The zero-order valence-corrected chi connectivity index (χ0v) is 9.63.